The standard InChI is InChI=1S/C8H13F2N3O3/c9-6(10)4-15-2-1-7-12-8(13-16-7)5(11)3-14/h5-6,14H,1-4,11H2. The molecule has 0 spiro atoms. The average Bonchev–Trinajstić information content (AvgIpc) is 2.71. The minimum absolute atomic E-state index is 0.0698. The van der Waals surface area contributed by atoms with Gasteiger partial charge in [0.2, 0.25) is 5.89 Å². The van der Waals surface area contributed by atoms with E-state index >= 15 is 0 Å². The van der Waals surface area contributed by atoms with E-state index in [1.54, 1.807) is 0 Å². The van der Waals surface area contributed by atoms with Crippen LogP contribution in [0.2, 0.25) is 0 Å². The molecule has 0 amide bonds. The molecule has 1 aromatic heterocycles. The van der Waals surface area contributed by atoms with Crippen LogP contribution in [0.25, 0.3) is 0 Å². The molecule has 1 unspecified atom stereocenters. The number of hydrogen-bond donors (Lipinski definition) is 2. The molecule has 16 heavy (non-hydrogen) atoms. The van der Waals surface area contributed by atoms with Crippen molar-refractivity contribution in [3.05, 3.63) is 11.7 Å². The molecule has 92 valence electrons. The van der Waals surface area contributed by atoms with E-state index in [9.17, 15) is 8.78 Å². The van der Waals surface area contributed by atoms with Crippen molar-refractivity contribution in [2.45, 2.75) is 18.9 Å². The number of nitrogens with two attached hydrogens (primary N) is 1. The highest BCUT2D eigenvalue weighted by Gasteiger charge is 2.13. The highest BCUT2D eigenvalue weighted by Crippen LogP contribution is 2.06. The average molecular weight is 237 g/mol. The number of halogens is 2. The van der Waals surface area contributed by atoms with Gasteiger partial charge in [-0.25, -0.2) is 8.78 Å². The first-order valence-corrected chi connectivity index (χ1v) is 4.68. The minimum atomic E-state index is -2.49. The molecule has 0 bridgehead atoms. The van der Waals surface area contributed by atoms with E-state index in [2.05, 4.69) is 14.9 Å². The summed E-state index contributed by atoms with van der Waals surface area (Å²) in [5.41, 5.74) is 5.44. The van der Waals surface area contributed by atoms with Gasteiger partial charge in [0.25, 0.3) is 6.43 Å². The summed E-state index contributed by atoms with van der Waals surface area (Å²) in [5, 5.41) is 12.2. The van der Waals surface area contributed by atoms with Gasteiger partial charge < -0.3 is 20.1 Å². The molecule has 3 N–H and O–H groups in total. The van der Waals surface area contributed by atoms with E-state index in [0.717, 1.165) is 0 Å². The van der Waals surface area contributed by atoms with Crippen LogP contribution in [0.5, 0.6) is 0 Å². The third-order valence-electron chi connectivity index (χ3n) is 1.72. The van der Waals surface area contributed by atoms with E-state index in [-0.39, 0.29) is 31.3 Å². The summed E-state index contributed by atoms with van der Waals surface area (Å²) in [6, 6.07) is -0.695. The first-order valence-electron chi connectivity index (χ1n) is 4.68. The van der Waals surface area contributed by atoms with Crippen molar-refractivity contribution in [1.82, 2.24) is 10.1 Å². The van der Waals surface area contributed by atoms with Crippen LogP contribution in [0.1, 0.15) is 17.8 Å². The van der Waals surface area contributed by atoms with Gasteiger partial charge in [-0.1, -0.05) is 5.16 Å². The molecule has 1 rings (SSSR count). The summed E-state index contributed by atoms with van der Waals surface area (Å²) >= 11 is 0. The zero-order valence-electron chi connectivity index (χ0n) is 8.47. The molecule has 0 saturated carbocycles. The molecular weight excluding hydrogens is 224 g/mol. The number of aromatic nitrogens is 2. The van der Waals surface area contributed by atoms with Crippen molar-refractivity contribution in [3.63, 3.8) is 0 Å². The maximum absolute atomic E-state index is 11.7. The van der Waals surface area contributed by atoms with Crippen LogP contribution in [-0.2, 0) is 11.2 Å². The molecule has 1 aromatic rings. The SMILES string of the molecule is NC(CO)c1noc(CCOCC(F)F)n1. The van der Waals surface area contributed by atoms with Crippen LogP contribution >= 0.6 is 0 Å². The fourth-order valence-corrected chi connectivity index (χ4v) is 0.934. The number of ether oxygens (including phenoxy) is 1. The van der Waals surface area contributed by atoms with Crippen LogP contribution in [0, 0.1) is 0 Å². The summed E-state index contributed by atoms with van der Waals surface area (Å²) < 4.78 is 32.8. The van der Waals surface area contributed by atoms with Crippen molar-refractivity contribution in [2.24, 2.45) is 5.73 Å². The lowest BCUT2D eigenvalue weighted by molar-refractivity contribution is 0.0171. The lowest BCUT2D eigenvalue weighted by atomic mass is 10.3. The Kier molecular flexibility index (Phi) is 5.23. The molecule has 0 aliphatic carbocycles. The second kappa shape index (κ2) is 6.46. The molecule has 1 atom stereocenters. The number of hydrogen-bond acceptors (Lipinski definition) is 6. The molecule has 0 aliphatic rings. The number of rotatable bonds is 7. The van der Waals surface area contributed by atoms with Crippen molar-refractivity contribution in [1.29, 1.82) is 0 Å². The van der Waals surface area contributed by atoms with Crippen molar-refractivity contribution in [2.75, 3.05) is 19.8 Å². The first-order chi connectivity index (χ1) is 7.63. The molecule has 0 radical (unpaired) electrons. The Morgan fingerprint density at radius 3 is 2.88 bits per heavy atom. The van der Waals surface area contributed by atoms with Gasteiger partial charge in [0.05, 0.1) is 25.7 Å². The van der Waals surface area contributed by atoms with Gasteiger partial charge in [0.1, 0.15) is 6.61 Å². The highest BCUT2D eigenvalue weighted by molar-refractivity contribution is 4.92. The van der Waals surface area contributed by atoms with Crippen LogP contribution in [0.3, 0.4) is 0 Å². The van der Waals surface area contributed by atoms with Gasteiger partial charge in [0, 0.05) is 0 Å². The Bertz CT molecular complexity index is 308. The van der Waals surface area contributed by atoms with Gasteiger partial charge >= 0.3 is 0 Å². The predicted molar refractivity (Wildman–Crippen MR) is 48.8 cm³/mol. The summed E-state index contributed by atoms with van der Waals surface area (Å²) in [6.45, 7) is -0.835. The fourth-order valence-electron chi connectivity index (χ4n) is 0.934. The van der Waals surface area contributed by atoms with Crippen molar-refractivity contribution < 1.29 is 23.1 Å². The van der Waals surface area contributed by atoms with Crippen LogP contribution in [0.4, 0.5) is 8.78 Å². The topological polar surface area (TPSA) is 94.4 Å². The lowest BCUT2D eigenvalue weighted by Crippen LogP contribution is -2.16. The number of aliphatic hydroxyl groups excluding tert-OH is 1. The van der Waals surface area contributed by atoms with Gasteiger partial charge in [0.15, 0.2) is 5.82 Å². The molecule has 0 fully saturated rings. The zero-order chi connectivity index (χ0) is 12.0. The monoisotopic (exact) mass is 237 g/mol. The van der Waals surface area contributed by atoms with E-state index in [4.69, 9.17) is 15.4 Å². The summed E-state index contributed by atoms with van der Waals surface area (Å²) in [6.07, 6.45) is -2.25. The second-order valence-electron chi connectivity index (χ2n) is 3.05. The molecule has 0 aliphatic heterocycles. The maximum atomic E-state index is 11.7. The third kappa shape index (κ3) is 4.17. The molecule has 8 heteroatoms. The molecule has 0 saturated heterocycles. The molecule has 6 nitrogen and oxygen atoms in total. The van der Waals surface area contributed by atoms with Gasteiger partial charge in [-0.3, -0.25) is 0 Å². The fraction of sp³-hybridized carbons (Fsp3) is 0.750. The van der Waals surface area contributed by atoms with E-state index in [1.165, 1.54) is 0 Å². The van der Waals surface area contributed by atoms with Crippen LogP contribution in [-0.4, -0.2) is 41.5 Å². The van der Waals surface area contributed by atoms with Crippen LogP contribution in [0.15, 0.2) is 4.52 Å². The smallest absolute Gasteiger partial charge is 0.261 e. The number of aliphatic hydroxyl groups is 1. The normalized spacial score (nSPS) is 13.3. The quantitative estimate of drug-likeness (QED) is 0.642. The Labute approximate surface area is 90.4 Å². The second-order valence-corrected chi connectivity index (χ2v) is 3.05. The van der Waals surface area contributed by atoms with Crippen LogP contribution < -0.4 is 5.73 Å². The van der Waals surface area contributed by atoms with E-state index in [0.29, 0.717) is 0 Å². The van der Waals surface area contributed by atoms with Crippen molar-refractivity contribution in [3.8, 4) is 0 Å². The zero-order valence-corrected chi connectivity index (χ0v) is 8.47. The lowest BCUT2D eigenvalue weighted by Gasteiger charge is -2.00. The van der Waals surface area contributed by atoms with E-state index < -0.39 is 19.1 Å². The van der Waals surface area contributed by atoms with Gasteiger partial charge in [-0.15, -0.1) is 0 Å². The Balaban J connectivity index is 2.29. The Morgan fingerprint density at radius 1 is 1.50 bits per heavy atom. The number of alkyl halides is 2. The first kappa shape index (κ1) is 12.9. The Hall–Kier alpha value is -1.12. The molecular formula is C8H13F2N3O3. The number of nitrogens with zero attached hydrogens (tertiary/aromatic N) is 2. The minimum Gasteiger partial charge on any atom is -0.394 e. The predicted octanol–water partition coefficient (Wildman–Crippen LogP) is -0.114. The Morgan fingerprint density at radius 2 is 2.25 bits per heavy atom. The molecule has 0 aromatic carbocycles. The third-order valence-corrected chi connectivity index (χ3v) is 1.72. The molecule has 1 heterocycles. The summed E-state index contributed by atoms with van der Waals surface area (Å²) in [7, 11) is 0. The highest BCUT2D eigenvalue weighted by atomic mass is 19.3. The van der Waals surface area contributed by atoms with Gasteiger partial charge in [-0.2, -0.15) is 4.98 Å². The maximum Gasteiger partial charge on any atom is 0.261 e. The van der Waals surface area contributed by atoms with Crippen molar-refractivity contribution >= 4 is 0 Å². The van der Waals surface area contributed by atoms with Gasteiger partial charge in [-0.05, 0) is 0 Å². The summed E-state index contributed by atoms with van der Waals surface area (Å²) in [4.78, 5) is 3.87. The van der Waals surface area contributed by atoms with E-state index in [1.807, 2.05) is 0 Å². The summed E-state index contributed by atoms with van der Waals surface area (Å²) in [5.74, 6) is 0.430. The largest absolute Gasteiger partial charge is 0.394 e.